The number of oxazole rings is 1. The van der Waals surface area contributed by atoms with Crippen LogP contribution >= 0.6 is 0 Å². The highest BCUT2D eigenvalue weighted by Crippen LogP contribution is 2.22. The van der Waals surface area contributed by atoms with Gasteiger partial charge in [-0.1, -0.05) is 39.0 Å². The molecule has 0 saturated carbocycles. The lowest BCUT2D eigenvalue weighted by Crippen LogP contribution is -2.41. The average molecular weight is 436 g/mol. The monoisotopic (exact) mass is 435 g/mol. The fourth-order valence-corrected chi connectivity index (χ4v) is 4.33. The zero-order valence-electron chi connectivity index (χ0n) is 18.8. The van der Waals surface area contributed by atoms with Crippen molar-refractivity contribution >= 4 is 16.0 Å². The molecule has 0 amide bonds. The molecular weight excluding hydrogens is 402 g/mol. The van der Waals surface area contributed by atoms with Crippen molar-refractivity contribution in [1.82, 2.24) is 20.3 Å². The summed E-state index contributed by atoms with van der Waals surface area (Å²) in [5.41, 5.74) is -0.0382. The lowest BCUT2D eigenvalue weighted by Gasteiger charge is -2.22. The molecule has 166 valence electrons. The number of hydrogen-bond acceptors (Lipinski definition) is 5. The first-order valence-electron chi connectivity index (χ1n) is 9.83. The predicted molar refractivity (Wildman–Crippen MR) is 119 cm³/mol. The number of guanidine groups is 1. The van der Waals surface area contributed by atoms with E-state index in [1.807, 2.05) is 26.8 Å². The van der Waals surface area contributed by atoms with Crippen LogP contribution in [-0.2, 0) is 28.5 Å². The van der Waals surface area contributed by atoms with Gasteiger partial charge in [-0.2, -0.15) is 0 Å². The topological polar surface area (TPSA) is 109 Å². The first kappa shape index (κ1) is 23.9. The molecule has 1 aromatic heterocycles. The van der Waals surface area contributed by atoms with Crippen molar-refractivity contribution in [3.8, 4) is 0 Å². The minimum absolute atomic E-state index is 0.110. The highest BCUT2D eigenvalue weighted by molar-refractivity contribution is 7.89. The van der Waals surface area contributed by atoms with E-state index in [0.717, 1.165) is 5.76 Å². The van der Waals surface area contributed by atoms with Crippen LogP contribution in [0, 0.1) is 0 Å². The standard InChI is InChI=1S/C21H33N5O3S/c1-20(2,3)17-13-23-18(29-17)14-25-19(22-7)24-12-15-10-8-9-11-16(15)30(27,28)26-21(4,5)6/h8-11,13,26H,12,14H2,1-7H3,(H2,22,24,25). The zero-order chi connectivity index (χ0) is 22.6. The molecule has 0 aliphatic carbocycles. The molecule has 8 nitrogen and oxygen atoms in total. The van der Waals surface area contributed by atoms with Gasteiger partial charge in [0.15, 0.2) is 5.96 Å². The summed E-state index contributed by atoms with van der Waals surface area (Å²) in [4.78, 5) is 8.71. The van der Waals surface area contributed by atoms with E-state index in [9.17, 15) is 8.42 Å². The van der Waals surface area contributed by atoms with Crippen molar-refractivity contribution in [1.29, 1.82) is 0 Å². The molecule has 0 bridgehead atoms. The molecule has 1 aromatic carbocycles. The SMILES string of the molecule is CN=C(NCc1ncc(C(C)(C)C)o1)NCc1ccccc1S(=O)(=O)NC(C)(C)C. The predicted octanol–water partition coefficient (Wildman–Crippen LogP) is 2.91. The minimum Gasteiger partial charge on any atom is -0.443 e. The van der Waals surface area contributed by atoms with E-state index in [-0.39, 0.29) is 10.3 Å². The van der Waals surface area contributed by atoms with Crippen LogP contribution in [0.2, 0.25) is 0 Å². The van der Waals surface area contributed by atoms with Crippen molar-refractivity contribution in [3.63, 3.8) is 0 Å². The van der Waals surface area contributed by atoms with Gasteiger partial charge in [0.25, 0.3) is 0 Å². The number of aliphatic imine (C=N–C) groups is 1. The maximum atomic E-state index is 12.8. The molecule has 30 heavy (non-hydrogen) atoms. The first-order chi connectivity index (χ1) is 13.8. The summed E-state index contributed by atoms with van der Waals surface area (Å²) < 4.78 is 34.0. The van der Waals surface area contributed by atoms with Crippen LogP contribution in [0.1, 0.15) is 58.8 Å². The molecule has 0 radical (unpaired) electrons. The van der Waals surface area contributed by atoms with E-state index in [0.29, 0.717) is 30.5 Å². The maximum absolute atomic E-state index is 12.8. The summed E-state index contributed by atoms with van der Waals surface area (Å²) in [6, 6.07) is 6.90. The van der Waals surface area contributed by atoms with Gasteiger partial charge in [0.2, 0.25) is 15.9 Å². The summed E-state index contributed by atoms with van der Waals surface area (Å²) in [7, 11) is -2.00. The van der Waals surface area contributed by atoms with Gasteiger partial charge < -0.3 is 15.1 Å². The molecule has 0 aliphatic rings. The van der Waals surface area contributed by atoms with Gasteiger partial charge >= 0.3 is 0 Å². The van der Waals surface area contributed by atoms with Crippen molar-refractivity contribution in [2.24, 2.45) is 4.99 Å². The Kier molecular flexibility index (Phi) is 7.31. The Labute approximate surface area is 179 Å². The molecule has 9 heteroatoms. The van der Waals surface area contributed by atoms with Crippen LogP contribution in [0.4, 0.5) is 0 Å². The molecule has 2 aromatic rings. The number of nitrogens with zero attached hydrogens (tertiary/aromatic N) is 2. The van der Waals surface area contributed by atoms with Gasteiger partial charge in [0, 0.05) is 24.5 Å². The summed E-state index contributed by atoms with van der Waals surface area (Å²) in [6.45, 7) is 12.3. The Balaban J connectivity index is 2.05. The second-order valence-electron chi connectivity index (χ2n) is 9.11. The molecular formula is C21H33N5O3S. The van der Waals surface area contributed by atoms with Crippen LogP contribution in [-0.4, -0.2) is 31.9 Å². The van der Waals surface area contributed by atoms with E-state index in [4.69, 9.17) is 4.42 Å². The summed E-state index contributed by atoms with van der Waals surface area (Å²) >= 11 is 0. The van der Waals surface area contributed by atoms with Gasteiger partial charge in [-0.25, -0.2) is 18.1 Å². The molecule has 0 unspecified atom stereocenters. The number of hydrogen-bond donors (Lipinski definition) is 3. The van der Waals surface area contributed by atoms with Crippen molar-refractivity contribution in [2.45, 2.75) is 70.5 Å². The zero-order valence-corrected chi connectivity index (χ0v) is 19.6. The highest BCUT2D eigenvalue weighted by atomic mass is 32.2. The summed E-state index contributed by atoms with van der Waals surface area (Å²) in [5.74, 6) is 1.88. The lowest BCUT2D eigenvalue weighted by molar-refractivity contribution is 0.379. The molecule has 2 rings (SSSR count). The Morgan fingerprint density at radius 1 is 1.07 bits per heavy atom. The number of aromatic nitrogens is 1. The highest BCUT2D eigenvalue weighted by Gasteiger charge is 2.24. The number of rotatable bonds is 6. The van der Waals surface area contributed by atoms with Crippen LogP contribution in [0.3, 0.4) is 0 Å². The Bertz CT molecular complexity index is 983. The average Bonchev–Trinajstić information content (AvgIpc) is 3.09. The van der Waals surface area contributed by atoms with Crippen LogP contribution in [0.5, 0.6) is 0 Å². The van der Waals surface area contributed by atoms with Gasteiger partial charge in [-0.3, -0.25) is 4.99 Å². The number of nitrogens with one attached hydrogen (secondary N) is 3. The number of sulfonamides is 1. The van der Waals surface area contributed by atoms with E-state index in [1.165, 1.54) is 0 Å². The lowest BCUT2D eigenvalue weighted by atomic mass is 9.94. The van der Waals surface area contributed by atoms with Crippen molar-refractivity contribution in [2.75, 3.05) is 7.05 Å². The fraction of sp³-hybridized carbons (Fsp3) is 0.524. The maximum Gasteiger partial charge on any atom is 0.241 e. The molecule has 0 atom stereocenters. The molecule has 1 heterocycles. The Morgan fingerprint density at radius 3 is 2.27 bits per heavy atom. The van der Waals surface area contributed by atoms with Gasteiger partial charge in [-0.05, 0) is 32.4 Å². The quantitative estimate of drug-likeness (QED) is 0.476. The Morgan fingerprint density at radius 2 is 1.70 bits per heavy atom. The molecule has 3 N–H and O–H groups in total. The normalized spacial score (nSPS) is 13.4. The molecule has 0 aliphatic heterocycles. The van der Waals surface area contributed by atoms with Gasteiger partial charge in [0.05, 0.1) is 17.6 Å². The third-order valence-corrected chi connectivity index (χ3v) is 5.93. The van der Waals surface area contributed by atoms with Gasteiger partial charge in [0.1, 0.15) is 5.76 Å². The summed E-state index contributed by atoms with van der Waals surface area (Å²) in [6.07, 6.45) is 1.73. The van der Waals surface area contributed by atoms with Crippen LogP contribution < -0.4 is 15.4 Å². The summed E-state index contributed by atoms with van der Waals surface area (Å²) in [5, 5.41) is 6.28. The molecule has 0 fully saturated rings. The first-order valence-corrected chi connectivity index (χ1v) is 11.3. The van der Waals surface area contributed by atoms with E-state index in [2.05, 4.69) is 46.1 Å². The van der Waals surface area contributed by atoms with Crippen LogP contribution in [0.25, 0.3) is 0 Å². The minimum atomic E-state index is -3.65. The van der Waals surface area contributed by atoms with Crippen molar-refractivity contribution in [3.05, 3.63) is 47.7 Å². The van der Waals surface area contributed by atoms with E-state index >= 15 is 0 Å². The van der Waals surface area contributed by atoms with E-state index < -0.39 is 15.6 Å². The smallest absolute Gasteiger partial charge is 0.241 e. The molecule has 0 saturated heterocycles. The van der Waals surface area contributed by atoms with E-state index in [1.54, 1.807) is 31.4 Å². The van der Waals surface area contributed by atoms with Crippen LogP contribution in [0.15, 0.2) is 44.8 Å². The fourth-order valence-electron chi connectivity index (χ4n) is 2.67. The van der Waals surface area contributed by atoms with Crippen molar-refractivity contribution < 1.29 is 12.8 Å². The second kappa shape index (κ2) is 9.18. The largest absolute Gasteiger partial charge is 0.443 e. The number of benzene rings is 1. The second-order valence-corrected chi connectivity index (χ2v) is 10.8. The third-order valence-electron chi connectivity index (χ3n) is 4.07. The Hall–Kier alpha value is -2.39. The third kappa shape index (κ3) is 6.84. The molecule has 0 spiro atoms. The van der Waals surface area contributed by atoms with Gasteiger partial charge in [-0.15, -0.1) is 0 Å².